The molecule has 0 atom stereocenters. The maximum absolute atomic E-state index is 12.3. The molecule has 0 fully saturated rings. The van der Waals surface area contributed by atoms with Crippen molar-refractivity contribution in [2.24, 2.45) is 0 Å². The molecule has 6 nitrogen and oxygen atoms in total. The predicted molar refractivity (Wildman–Crippen MR) is 113 cm³/mol. The topological polar surface area (TPSA) is 75.4 Å². The van der Waals surface area contributed by atoms with Crippen LogP contribution in [0.4, 0.5) is 5.69 Å². The smallest absolute Gasteiger partial charge is 0.254 e. The van der Waals surface area contributed by atoms with Crippen LogP contribution >= 0.6 is 23.2 Å². The van der Waals surface area contributed by atoms with Gasteiger partial charge in [-0.15, -0.1) is 0 Å². The summed E-state index contributed by atoms with van der Waals surface area (Å²) < 4.78 is 5.70. The summed E-state index contributed by atoms with van der Waals surface area (Å²) in [7, 11) is 3.27. The van der Waals surface area contributed by atoms with Crippen LogP contribution in [0.5, 0.6) is 0 Å². The number of hydrogen-bond acceptors (Lipinski definition) is 4. The maximum atomic E-state index is 12.3. The number of carbonyl (C=O) groups is 2. The summed E-state index contributed by atoms with van der Waals surface area (Å²) in [5, 5.41) is 3.74. The van der Waals surface area contributed by atoms with Gasteiger partial charge >= 0.3 is 0 Å². The molecule has 1 N–H and O–H groups in total. The van der Waals surface area contributed by atoms with E-state index in [9.17, 15) is 9.59 Å². The van der Waals surface area contributed by atoms with E-state index in [4.69, 9.17) is 27.6 Å². The van der Waals surface area contributed by atoms with Gasteiger partial charge in [0.1, 0.15) is 0 Å². The molecule has 0 saturated heterocycles. The van der Waals surface area contributed by atoms with Crippen molar-refractivity contribution >= 4 is 40.7 Å². The van der Waals surface area contributed by atoms with Crippen molar-refractivity contribution in [1.82, 2.24) is 9.88 Å². The molecule has 0 saturated carbocycles. The lowest BCUT2D eigenvalue weighted by atomic mass is 10.1. The van der Waals surface area contributed by atoms with Crippen LogP contribution in [0.1, 0.15) is 22.7 Å². The summed E-state index contributed by atoms with van der Waals surface area (Å²) >= 11 is 12.0. The Balaban J connectivity index is 1.60. The number of carbonyl (C=O) groups excluding carboxylic acids is 2. The molecule has 1 aromatic heterocycles. The molecular weight excluding hydrogens is 413 g/mol. The van der Waals surface area contributed by atoms with E-state index in [1.165, 1.54) is 4.90 Å². The van der Waals surface area contributed by atoms with Crippen molar-refractivity contribution < 1.29 is 14.0 Å². The highest BCUT2D eigenvalue weighted by Gasteiger charge is 2.14. The summed E-state index contributed by atoms with van der Waals surface area (Å²) in [5.41, 5.74) is 1.69. The molecule has 1 heterocycles. The summed E-state index contributed by atoms with van der Waals surface area (Å²) in [6, 6.07) is 12.0. The van der Waals surface area contributed by atoms with Crippen molar-refractivity contribution in [2.75, 3.05) is 19.4 Å². The van der Waals surface area contributed by atoms with Crippen molar-refractivity contribution in [3.05, 3.63) is 70.2 Å². The first kappa shape index (κ1) is 20.9. The lowest BCUT2D eigenvalue weighted by Crippen LogP contribution is -2.22. The summed E-state index contributed by atoms with van der Waals surface area (Å²) in [6.07, 6.45) is 2.14. The molecule has 2 aromatic carbocycles. The molecule has 3 rings (SSSR count). The molecule has 3 aromatic rings. The first-order chi connectivity index (χ1) is 13.8. The second-order valence-electron chi connectivity index (χ2n) is 6.57. The Labute approximate surface area is 178 Å². The maximum Gasteiger partial charge on any atom is 0.254 e. The third-order valence-electron chi connectivity index (χ3n) is 4.13. The number of nitrogens with one attached hydrogen (secondary N) is 1. The second kappa shape index (κ2) is 9.11. The van der Waals surface area contributed by atoms with Gasteiger partial charge in [-0.05, 0) is 42.5 Å². The fraction of sp³-hybridized carbons (Fsp3) is 0.190. The molecule has 0 aliphatic heterocycles. The number of hydrogen-bond donors (Lipinski definition) is 1. The highest BCUT2D eigenvalue weighted by molar-refractivity contribution is 6.34. The van der Waals surface area contributed by atoms with Gasteiger partial charge in [0.15, 0.2) is 11.7 Å². The SMILES string of the molecule is CN(C)C(=O)c1cc(NC(=O)CCc2ncc(-c3ccc(Cl)cc3)o2)ccc1Cl. The fourth-order valence-corrected chi connectivity index (χ4v) is 2.95. The second-order valence-corrected chi connectivity index (χ2v) is 7.41. The van der Waals surface area contributed by atoms with Crippen LogP contribution < -0.4 is 5.32 Å². The standard InChI is InChI=1S/C21H19Cl2N3O3/c1-26(2)21(28)16-11-15(7-8-17(16)23)25-19(27)9-10-20-24-12-18(29-20)13-3-5-14(22)6-4-13/h3-8,11-12H,9-10H2,1-2H3,(H,25,27). The zero-order chi connectivity index (χ0) is 21.0. The molecule has 0 aliphatic carbocycles. The molecule has 0 aliphatic rings. The molecular formula is C21H19Cl2N3O3. The van der Waals surface area contributed by atoms with Crippen LogP contribution in [0.3, 0.4) is 0 Å². The fourth-order valence-electron chi connectivity index (χ4n) is 2.63. The lowest BCUT2D eigenvalue weighted by molar-refractivity contribution is -0.116. The lowest BCUT2D eigenvalue weighted by Gasteiger charge is -2.13. The molecule has 150 valence electrons. The average molecular weight is 432 g/mol. The largest absolute Gasteiger partial charge is 0.441 e. The number of aryl methyl sites for hydroxylation is 1. The van der Waals surface area contributed by atoms with Crippen molar-refractivity contribution in [3.63, 3.8) is 0 Å². The third kappa shape index (κ3) is 5.37. The molecule has 0 spiro atoms. The van der Waals surface area contributed by atoms with Crippen LogP contribution in [0.15, 0.2) is 53.1 Å². The number of benzene rings is 2. The van der Waals surface area contributed by atoms with Crippen LogP contribution in [-0.2, 0) is 11.2 Å². The number of halogens is 2. The minimum atomic E-state index is -0.236. The van der Waals surface area contributed by atoms with E-state index in [1.807, 2.05) is 12.1 Å². The van der Waals surface area contributed by atoms with Gasteiger partial charge in [0.25, 0.3) is 5.91 Å². The number of aromatic nitrogens is 1. The Bertz CT molecular complexity index is 1030. The molecule has 0 radical (unpaired) electrons. The summed E-state index contributed by atoms with van der Waals surface area (Å²) in [6.45, 7) is 0. The number of amides is 2. The number of rotatable bonds is 6. The monoisotopic (exact) mass is 431 g/mol. The zero-order valence-corrected chi connectivity index (χ0v) is 17.4. The van der Waals surface area contributed by atoms with Gasteiger partial charge in [-0.3, -0.25) is 9.59 Å². The van der Waals surface area contributed by atoms with Gasteiger partial charge in [0.2, 0.25) is 5.91 Å². The Kier molecular flexibility index (Phi) is 6.56. The van der Waals surface area contributed by atoms with Crippen molar-refractivity contribution in [3.8, 4) is 11.3 Å². The van der Waals surface area contributed by atoms with Crippen LogP contribution in [-0.4, -0.2) is 35.8 Å². The first-order valence-electron chi connectivity index (χ1n) is 8.85. The van der Waals surface area contributed by atoms with E-state index in [0.29, 0.717) is 39.4 Å². The van der Waals surface area contributed by atoms with Gasteiger partial charge in [-0.2, -0.15) is 0 Å². The molecule has 0 bridgehead atoms. The molecule has 2 amide bonds. The quantitative estimate of drug-likeness (QED) is 0.600. The zero-order valence-electron chi connectivity index (χ0n) is 15.9. The van der Waals surface area contributed by atoms with Crippen molar-refractivity contribution in [1.29, 1.82) is 0 Å². The van der Waals surface area contributed by atoms with Gasteiger partial charge in [-0.1, -0.05) is 23.2 Å². The van der Waals surface area contributed by atoms with E-state index in [1.54, 1.807) is 50.6 Å². The van der Waals surface area contributed by atoms with Gasteiger partial charge in [0.05, 0.1) is 16.8 Å². The highest BCUT2D eigenvalue weighted by atomic mass is 35.5. The van der Waals surface area contributed by atoms with E-state index < -0.39 is 0 Å². The van der Waals surface area contributed by atoms with Crippen LogP contribution in [0.2, 0.25) is 10.0 Å². The Morgan fingerprint density at radius 3 is 2.52 bits per heavy atom. The van der Waals surface area contributed by atoms with E-state index in [0.717, 1.165) is 5.56 Å². The number of nitrogens with zero attached hydrogens (tertiary/aromatic N) is 2. The Hall–Kier alpha value is -2.83. The van der Waals surface area contributed by atoms with E-state index in [-0.39, 0.29) is 18.2 Å². The van der Waals surface area contributed by atoms with Gasteiger partial charge in [0, 0.05) is 43.2 Å². The van der Waals surface area contributed by atoms with Crippen LogP contribution in [0.25, 0.3) is 11.3 Å². The Morgan fingerprint density at radius 2 is 1.83 bits per heavy atom. The number of anilines is 1. The molecule has 8 heteroatoms. The summed E-state index contributed by atoms with van der Waals surface area (Å²) in [4.78, 5) is 30.1. The highest BCUT2D eigenvalue weighted by Crippen LogP contribution is 2.24. The minimum absolute atomic E-state index is 0.181. The van der Waals surface area contributed by atoms with E-state index in [2.05, 4.69) is 10.3 Å². The Morgan fingerprint density at radius 1 is 1.10 bits per heavy atom. The predicted octanol–water partition coefficient (Wildman–Crippen LogP) is 4.92. The third-order valence-corrected chi connectivity index (χ3v) is 4.72. The first-order valence-corrected chi connectivity index (χ1v) is 9.61. The summed E-state index contributed by atoms with van der Waals surface area (Å²) in [5.74, 6) is 0.619. The van der Waals surface area contributed by atoms with Gasteiger partial charge < -0.3 is 14.6 Å². The van der Waals surface area contributed by atoms with Crippen LogP contribution in [0, 0.1) is 0 Å². The normalized spacial score (nSPS) is 10.6. The molecule has 0 unspecified atom stereocenters. The number of oxazole rings is 1. The minimum Gasteiger partial charge on any atom is -0.441 e. The van der Waals surface area contributed by atoms with Gasteiger partial charge in [-0.25, -0.2) is 4.98 Å². The molecule has 29 heavy (non-hydrogen) atoms. The van der Waals surface area contributed by atoms with Crippen molar-refractivity contribution in [2.45, 2.75) is 12.8 Å². The van der Waals surface area contributed by atoms with E-state index >= 15 is 0 Å². The average Bonchev–Trinajstić information content (AvgIpc) is 3.17.